The lowest BCUT2D eigenvalue weighted by atomic mass is 9.89. The number of esters is 1. The molecule has 0 heterocycles. The minimum absolute atomic E-state index is 0.150. The molecule has 0 radical (unpaired) electrons. The number of hydrogen-bond donors (Lipinski definition) is 3. The molecule has 0 spiro atoms. The molecule has 1 fully saturated rings. The molecule has 0 unspecified atom stereocenters. The molecule has 0 saturated heterocycles. The van der Waals surface area contributed by atoms with Crippen LogP contribution in [0.25, 0.3) is 0 Å². The van der Waals surface area contributed by atoms with Gasteiger partial charge in [-0.3, -0.25) is 4.79 Å². The third kappa shape index (κ3) is 7.51. The number of ether oxygens (including phenoxy) is 2. The third-order valence-electron chi connectivity index (χ3n) is 5.49. The van der Waals surface area contributed by atoms with Crippen molar-refractivity contribution in [1.82, 2.24) is 0 Å². The summed E-state index contributed by atoms with van der Waals surface area (Å²) >= 11 is 5.89. The minimum atomic E-state index is -1.12. The van der Waals surface area contributed by atoms with Crippen molar-refractivity contribution in [2.24, 2.45) is 0 Å². The molecule has 2 aromatic carbocycles. The Kier molecular flexibility index (Phi) is 8.72. The highest BCUT2D eigenvalue weighted by Gasteiger charge is 2.38. The Bertz CT molecular complexity index is 823. The maximum Gasteiger partial charge on any atom is 0.306 e. The fourth-order valence-electron chi connectivity index (χ4n) is 3.72. The van der Waals surface area contributed by atoms with Gasteiger partial charge in [0.1, 0.15) is 18.0 Å². The second-order valence-electron chi connectivity index (χ2n) is 7.95. The summed E-state index contributed by atoms with van der Waals surface area (Å²) in [7, 11) is 0. The summed E-state index contributed by atoms with van der Waals surface area (Å²) in [5.74, 6) is -0.266. The van der Waals surface area contributed by atoms with Gasteiger partial charge in [-0.05, 0) is 54.7 Å². The van der Waals surface area contributed by atoms with Crippen LogP contribution in [0.5, 0.6) is 5.75 Å². The van der Waals surface area contributed by atoms with E-state index in [1.807, 2.05) is 24.3 Å². The lowest BCUT2D eigenvalue weighted by molar-refractivity contribution is -0.175. The average molecular weight is 449 g/mol. The van der Waals surface area contributed by atoms with Crippen LogP contribution in [0.2, 0.25) is 5.02 Å². The topological polar surface area (TPSA) is 96.2 Å². The lowest BCUT2D eigenvalue weighted by Crippen LogP contribution is -2.49. The molecule has 3 N–H and O–H groups in total. The number of aromatic hydroxyl groups is 1. The van der Waals surface area contributed by atoms with Gasteiger partial charge >= 0.3 is 5.97 Å². The van der Waals surface area contributed by atoms with E-state index >= 15 is 0 Å². The third-order valence-corrected chi connectivity index (χ3v) is 5.74. The molecule has 1 aliphatic rings. The van der Waals surface area contributed by atoms with Crippen LogP contribution in [0.3, 0.4) is 0 Å². The Labute approximate surface area is 187 Å². The lowest BCUT2D eigenvalue weighted by Gasteiger charge is -2.36. The second kappa shape index (κ2) is 11.5. The standard InChI is InChI=1S/C24H29ClO6/c25-18-8-3-16(4-9-18)2-1-13-30-20-14-21(27)24(29)22(15-20)31-23(28)12-7-17-5-10-19(26)11-6-17/h3-6,8-11,20-22,24,26-27,29H,1-2,7,12-15H2/t20-,21-,22+,24+/m0/s1. The second-order valence-corrected chi connectivity index (χ2v) is 8.38. The van der Waals surface area contributed by atoms with Crippen LogP contribution in [0.4, 0.5) is 0 Å². The normalized spacial score (nSPS) is 23.5. The first-order chi connectivity index (χ1) is 14.9. The predicted molar refractivity (Wildman–Crippen MR) is 117 cm³/mol. The fourth-order valence-corrected chi connectivity index (χ4v) is 3.85. The molecular weight excluding hydrogens is 420 g/mol. The van der Waals surface area contributed by atoms with Gasteiger partial charge in [0.05, 0.1) is 12.2 Å². The molecule has 0 aromatic heterocycles. The van der Waals surface area contributed by atoms with Crippen LogP contribution in [-0.4, -0.2) is 52.3 Å². The zero-order valence-electron chi connectivity index (χ0n) is 17.3. The molecule has 2 aromatic rings. The number of halogens is 1. The Morgan fingerprint density at radius 2 is 1.61 bits per heavy atom. The van der Waals surface area contributed by atoms with Crippen molar-refractivity contribution in [3.8, 4) is 5.75 Å². The quantitative estimate of drug-likeness (QED) is 0.402. The molecule has 6 nitrogen and oxygen atoms in total. The average Bonchev–Trinajstić information content (AvgIpc) is 2.75. The van der Waals surface area contributed by atoms with E-state index in [9.17, 15) is 20.1 Å². The van der Waals surface area contributed by atoms with Crippen LogP contribution in [0.1, 0.15) is 36.8 Å². The van der Waals surface area contributed by atoms with Gasteiger partial charge in [-0.15, -0.1) is 0 Å². The number of carbonyl (C=O) groups is 1. The zero-order valence-corrected chi connectivity index (χ0v) is 18.1. The van der Waals surface area contributed by atoms with Gasteiger partial charge < -0.3 is 24.8 Å². The molecule has 0 bridgehead atoms. The molecule has 1 saturated carbocycles. The monoisotopic (exact) mass is 448 g/mol. The van der Waals surface area contributed by atoms with Crippen molar-refractivity contribution in [3.63, 3.8) is 0 Å². The van der Waals surface area contributed by atoms with Gasteiger partial charge in [-0.1, -0.05) is 35.9 Å². The first-order valence-corrected chi connectivity index (χ1v) is 11.0. The highest BCUT2D eigenvalue weighted by molar-refractivity contribution is 6.30. The predicted octanol–water partition coefficient (Wildman–Crippen LogP) is 3.42. The van der Waals surface area contributed by atoms with Crippen molar-refractivity contribution >= 4 is 17.6 Å². The van der Waals surface area contributed by atoms with Gasteiger partial charge in [0.15, 0.2) is 0 Å². The van der Waals surface area contributed by atoms with E-state index in [0.29, 0.717) is 30.9 Å². The number of hydrogen-bond acceptors (Lipinski definition) is 6. The number of benzene rings is 2. The highest BCUT2D eigenvalue weighted by atomic mass is 35.5. The Balaban J connectivity index is 1.41. The fraction of sp³-hybridized carbons (Fsp3) is 0.458. The van der Waals surface area contributed by atoms with Crippen LogP contribution in [-0.2, 0) is 27.1 Å². The van der Waals surface area contributed by atoms with E-state index in [2.05, 4.69) is 0 Å². The number of aliphatic hydroxyl groups is 2. The highest BCUT2D eigenvalue weighted by Crippen LogP contribution is 2.26. The van der Waals surface area contributed by atoms with Crippen molar-refractivity contribution in [1.29, 1.82) is 0 Å². The summed E-state index contributed by atoms with van der Waals surface area (Å²) in [6, 6.07) is 14.3. The number of rotatable bonds is 9. The number of aliphatic hydroxyl groups excluding tert-OH is 2. The van der Waals surface area contributed by atoms with Gasteiger partial charge in [0.25, 0.3) is 0 Å². The summed E-state index contributed by atoms with van der Waals surface area (Å²) in [6.07, 6.45) is -0.245. The first-order valence-electron chi connectivity index (χ1n) is 10.6. The maximum absolute atomic E-state index is 12.2. The Hall–Kier alpha value is -2.12. The molecular formula is C24H29ClO6. The SMILES string of the molecule is O=C(CCc1ccc(O)cc1)O[C@@H]1C[C@@H](OCCCc2ccc(Cl)cc2)C[C@H](O)[C@H]1O. The van der Waals surface area contributed by atoms with Gasteiger partial charge in [-0.25, -0.2) is 0 Å². The Morgan fingerprint density at radius 3 is 2.32 bits per heavy atom. The smallest absolute Gasteiger partial charge is 0.306 e. The van der Waals surface area contributed by atoms with Gasteiger partial charge in [0.2, 0.25) is 0 Å². The van der Waals surface area contributed by atoms with E-state index in [1.165, 1.54) is 5.56 Å². The zero-order chi connectivity index (χ0) is 22.2. The molecule has 4 atom stereocenters. The summed E-state index contributed by atoms with van der Waals surface area (Å²) in [5.41, 5.74) is 2.08. The van der Waals surface area contributed by atoms with E-state index in [1.54, 1.807) is 24.3 Å². The Morgan fingerprint density at radius 1 is 0.968 bits per heavy atom. The minimum Gasteiger partial charge on any atom is -0.508 e. The van der Waals surface area contributed by atoms with Crippen LogP contribution < -0.4 is 0 Å². The molecule has 7 heteroatoms. The van der Waals surface area contributed by atoms with Crippen LogP contribution in [0.15, 0.2) is 48.5 Å². The van der Waals surface area contributed by atoms with E-state index in [-0.39, 0.29) is 18.3 Å². The number of phenolic OH excluding ortho intramolecular Hbond substituents is 1. The largest absolute Gasteiger partial charge is 0.508 e. The van der Waals surface area contributed by atoms with Gasteiger partial charge in [-0.2, -0.15) is 0 Å². The van der Waals surface area contributed by atoms with Crippen molar-refractivity contribution < 1.29 is 29.6 Å². The van der Waals surface area contributed by atoms with Crippen molar-refractivity contribution in [2.45, 2.75) is 62.9 Å². The molecule has 168 valence electrons. The molecule has 0 aliphatic heterocycles. The van der Waals surface area contributed by atoms with E-state index < -0.39 is 24.3 Å². The number of aryl methyl sites for hydroxylation is 2. The molecule has 0 amide bonds. The maximum atomic E-state index is 12.2. The summed E-state index contributed by atoms with van der Waals surface area (Å²) in [4.78, 5) is 12.2. The molecule has 3 rings (SSSR count). The summed E-state index contributed by atoms with van der Waals surface area (Å²) in [5, 5.41) is 30.4. The van der Waals surface area contributed by atoms with Crippen LogP contribution in [0, 0.1) is 0 Å². The van der Waals surface area contributed by atoms with E-state index in [0.717, 1.165) is 18.4 Å². The summed E-state index contributed by atoms with van der Waals surface area (Å²) < 4.78 is 11.3. The van der Waals surface area contributed by atoms with Crippen molar-refractivity contribution in [2.75, 3.05) is 6.61 Å². The molecule has 31 heavy (non-hydrogen) atoms. The van der Waals surface area contributed by atoms with E-state index in [4.69, 9.17) is 21.1 Å². The summed E-state index contributed by atoms with van der Waals surface area (Å²) in [6.45, 7) is 0.512. The number of phenols is 1. The van der Waals surface area contributed by atoms with Gasteiger partial charge in [0, 0.05) is 30.9 Å². The first kappa shape index (κ1) is 23.5. The van der Waals surface area contributed by atoms with Crippen LogP contribution >= 0.6 is 11.6 Å². The van der Waals surface area contributed by atoms with Crippen molar-refractivity contribution in [3.05, 3.63) is 64.7 Å². The molecule has 1 aliphatic carbocycles. The number of carbonyl (C=O) groups excluding carboxylic acids is 1.